The first kappa shape index (κ1) is 14.8. The van der Waals surface area contributed by atoms with Gasteiger partial charge in [-0.2, -0.15) is 0 Å². The maximum Gasteiger partial charge on any atom is 0.141 e. The third kappa shape index (κ3) is 2.94. The van der Waals surface area contributed by atoms with Crippen LogP contribution in [-0.2, 0) is 0 Å². The normalized spacial score (nSPS) is 26.9. The van der Waals surface area contributed by atoms with Crippen molar-refractivity contribution >= 4 is 5.84 Å². The Labute approximate surface area is 119 Å². The van der Waals surface area contributed by atoms with Crippen LogP contribution in [0.3, 0.4) is 0 Å². The van der Waals surface area contributed by atoms with Crippen molar-refractivity contribution in [2.24, 2.45) is 16.3 Å². The molecule has 0 aromatic heterocycles. The summed E-state index contributed by atoms with van der Waals surface area (Å²) in [7, 11) is 0. The van der Waals surface area contributed by atoms with Gasteiger partial charge < -0.3 is 21.4 Å². The number of oxime groups is 1. The summed E-state index contributed by atoms with van der Waals surface area (Å²) >= 11 is 0. The molecule has 0 saturated heterocycles. The van der Waals surface area contributed by atoms with Crippen molar-refractivity contribution in [3.8, 4) is 0 Å². The van der Waals surface area contributed by atoms with E-state index in [1.54, 1.807) is 0 Å². The van der Waals surface area contributed by atoms with Crippen LogP contribution in [0.1, 0.15) is 38.3 Å². The quantitative estimate of drug-likeness (QED) is 0.285. The van der Waals surface area contributed by atoms with Crippen molar-refractivity contribution in [3.63, 3.8) is 0 Å². The van der Waals surface area contributed by atoms with Gasteiger partial charge in [0.15, 0.2) is 0 Å². The van der Waals surface area contributed by atoms with Crippen molar-refractivity contribution in [1.82, 2.24) is 5.32 Å². The number of rotatable bonds is 5. The molecule has 1 aromatic rings. The number of hydrogen-bond donors (Lipinski definition) is 4. The average molecular weight is 277 g/mol. The van der Waals surface area contributed by atoms with Crippen LogP contribution in [0.25, 0.3) is 0 Å². The Morgan fingerprint density at radius 3 is 2.60 bits per heavy atom. The van der Waals surface area contributed by atoms with Crippen LogP contribution in [0.2, 0.25) is 0 Å². The molecule has 3 atom stereocenters. The Bertz CT molecular complexity index is 473. The van der Waals surface area contributed by atoms with E-state index < -0.39 is 0 Å². The molecule has 3 unspecified atom stereocenters. The van der Waals surface area contributed by atoms with E-state index in [9.17, 15) is 5.11 Å². The molecule has 0 bridgehead atoms. The van der Waals surface area contributed by atoms with E-state index in [2.05, 4.69) is 10.5 Å². The standard InChI is InChI=1S/C15H23N3O2/c1-15(2)12(9-13(15)19)17-11(8-14(16)18-20)10-6-4-3-5-7-10/h3-7,11-13,17,19-20H,8-9H2,1-2H3,(H2,16,18). The average Bonchev–Trinajstić information content (AvgIpc) is 2.46. The van der Waals surface area contributed by atoms with E-state index in [1.807, 2.05) is 44.2 Å². The van der Waals surface area contributed by atoms with E-state index in [0.717, 1.165) is 12.0 Å². The molecule has 0 spiro atoms. The summed E-state index contributed by atoms with van der Waals surface area (Å²) in [4.78, 5) is 0. The van der Waals surface area contributed by atoms with Gasteiger partial charge in [-0.3, -0.25) is 0 Å². The number of nitrogens with zero attached hydrogens (tertiary/aromatic N) is 1. The Morgan fingerprint density at radius 1 is 1.45 bits per heavy atom. The summed E-state index contributed by atoms with van der Waals surface area (Å²) < 4.78 is 0. The fourth-order valence-corrected chi connectivity index (χ4v) is 2.64. The smallest absolute Gasteiger partial charge is 0.141 e. The van der Waals surface area contributed by atoms with Gasteiger partial charge in [0.05, 0.1) is 6.10 Å². The lowest BCUT2D eigenvalue weighted by molar-refractivity contribution is -0.0758. The molecule has 1 aliphatic carbocycles. The molecule has 0 heterocycles. The molecule has 1 aliphatic rings. The summed E-state index contributed by atoms with van der Waals surface area (Å²) in [6, 6.07) is 10.1. The molecule has 2 rings (SSSR count). The zero-order valence-corrected chi connectivity index (χ0v) is 12.0. The molecule has 110 valence electrons. The molecule has 5 heteroatoms. The van der Waals surface area contributed by atoms with E-state index in [0.29, 0.717) is 6.42 Å². The topological polar surface area (TPSA) is 90.9 Å². The number of nitrogens with one attached hydrogen (secondary N) is 1. The zero-order valence-electron chi connectivity index (χ0n) is 12.0. The molecule has 0 amide bonds. The van der Waals surface area contributed by atoms with Gasteiger partial charge in [-0.1, -0.05) is 49.3 Å². The maximum atomic E-state index is 9.83. The van der Waals surface area contributed by atoms with Gasteiger partial charge in [-0.05, 0) is 12.0 Å². The first-order valence-corrected chi connectivity index (χ1v) is 6.90. The van der Waals surface area contributed by atoms with E-state index in [1.165, 1.54) is 0 Å². The third-order valence-corrected chi connectivity index (χ3v) is 4.36. The zero-order chi connectivity index (χ0) is 14.8. The lowest BCUT2D eigenvalue weighted by atomic mass is 9.64. The van der Waals surface area contributed by atoms with Gasteiger partial charge in [0.25, 0.3) is 0 Å². The predicted molar refractivity (Wildman–Crippen MR) is 78.5 cm³/mol. The molecular formula is C15H23N3O2. The largest absolute Gasteiger partial charge is 0.409 e. The molecule has 1 fully saturated rings. The van der Waals surface area contributed by atoms with Gasteiger partial charge in [0, 0.05) is 23.9 Å². The van der Waals surface area contributed by atoms with Gasteiger partial charge in [-0.25, -0.2) is 0 Å². The Morgan fingerprint density at radius 2 is 2.10 bits per heavy atom. The van der Waals surface area contributed by atoms with Crippen molar-refractivity contribution in [2.75, 3.05) is 0 Å². The minimum absolute atomic E-state index is 0.0242. The van der Waals surface area contributed by atoms with Gasteiger partial charge >= 0.3 is 0 Å². The second kappa shape index (κ2) is 5.81. The van der Waals surface area contributed by atoms with Crippen LogP contribution < -0.4 is 11.1 Å². The van der Waals surface area contributed by atoms with Crippen molar-refractivity contribution in [2.45, 2.75) is 44.9 Å². The molecule has 1 aromatic carbocycles. The fourth-order valence-electron chi connectivity index (χ4n) is 2.64. The summed E-state index contributed by atoms with van der Waals surface area (Å²) in [6.07, 6.45) is 0.885. The number of benzene rings is 1. The van der Waals surface area contributed by atoms with Gasteiger partial charge in [0.2, 0.25) is 0 Å². The Balaban J connectivity index is 2.12. The monoisotopic (exact) mass is 277 g/mol. The summed E-state index contributed by atoms with van der Waals surface area (Å²) in [5.74, 6) is 0.198. The second-order valence-corrected chi connectivity index (χ2v) is 6.05. The lowest BCUT2D eigenvalue weighted by Gasteiger charge is -2.51. The number of nitrogens with two attached hydrogens (primary N) is 1. The van der Waals surface area contributed by atoms with Crippen LogP contribution >= 0.6 is 0 Å². The first-order chi connectivity index (χ1) is 9.45. The highest BCUT2D eigenvalue weighted by atomic mass is 16.4. The van der Waals surface area contributed by atoms with Crippen molar-refractivity contribution < 1.29 is 10.3 Å². The summed E-state index contributed by atoms with van der Waals surface area (Å²) in [6.45, 7) is 4.09. The van der Waals surface area contributed by atoms with Gasteiger partial charge in [0.1, 0.15) is 5.84 Å². The molecule has 20 heavy (non-hydrogen) atoms. The molecule has 1 saturated carbocycles. The minimum atomic E-state index is -0.278. The highest BCUT2D eigenvalue weighted by Gasteiger charge is 2.47. The first-order valence-electron chi connectivity index (χ1n) is 6.90. The third-order valence-electron chi connectivity index (χ3n) is 4.36. The van der Waals surface area contributed by atoms with Crippen molar-refractivity contribution in [1.29, 1.82) is 0 Å². The minimum Gasteiger partial charge on any atom is -0.409 e. The molecule has 5 nitrogen and oxygen atoms in total. The highest BCUT2D eigenvalue weighted by molar-refractivity contribution is 5.80. The molecule has 0 aliphatic heterocycles. The number of amidine groups is 1. The van der Waals surface area contributed by atoms with Crippen LogP contribution in [0.5, 0.6) is 0 Å². The highest BCUT2D eigenvalue weighted by Crippen LogP contribution is 2.41. The summed E-state index contributed by atoms with van der Waals surface area (Å²) in [5.41, 5.74) is 6.59. The van der Waals surface area contributed by atoms with Crippen molar-refractivity contribution in [3.05, 3.63) is 35.9 Å². The van der Waals surface area contributed by atoms with E-state index >= 15 is 0 Å². The van der Waals surface area contributed by atoms with Crippen LogP contribution in [0.15, 0.2) is 35.5 Å². The molecular weight excluding hydrogens is 254 g/mol. The number of hydrogen-bond acceptors (Lipinski definition) is 4. The molecule has 5 N–H and O–H groups in total. The van der Waals surface area contributed by atoms with Gasteiger partial charge in [-0.15, -0.1) is 0 Å². The Hall–Kier alpha value is -1.59. The molecule has 0 radical (unpaired) electrons. The predicted octanol–water partition coefficient (Wildman–Crippen LogP) is 1.61. The Kier molecular flexibility index (Phi) is 4.30. The maximum absolute atomic E-state index is 9.83. The van der Waals surface area contributed by atoms with Crippen LogP contribution in [0.4, 0.5) is 0 Å². The number of aliphatic hydroxyl groups is 1. The van der Waals surface area contributed by atoms with E-state index in [4.69, 9.17) is 10.9 Å². The van der Waals surface area contributed by atoms with Crippen LogP contribution in [-0.4, -0.2) is 28.3 Å². The van der Waals surface area contributed by atoms with Crippen LogP contribution in [0, 0.1) is 5.41 Å². The summed E-state index contributed by atoms with van der Waals surface area (Å²) in [5, 5.41) is 25.2. The lowest BCUT2D eigenvalue weighted by Crippen LogP contribution is -2.60. The van der Waals surface area contributed by atoms with E-state index in [-0.39, 0.29) is 29.4 Å². The number of aliphatic hydroxyl groups excluding tert-OH is 1. The fraction of sp³-hybridized carbons (Fsp3) is 0.533. The second-order valence-electron chi connectivity index (χ2n) is 6.05. The SMILES string of the molecule is CC1(C)C(O)CC1NC(C/C(N)=N/O)c1ccccc1.